The minimum absolute atomic E-state index is 0.0997. The molecule has 0 aliphatic carbocycles. The lowest BCUT2D eigenvalue weighted by Gasteiger charge is -2.19. The van der Waals surface area contributed by atoms with Crippen molar-refractivity contribution in [2.75, 3.05) is 7.11 Å². The zero-order valence-electron chi connectivity index (χ0n) is 11.4. The maximum Gasteiger partial charge on any atom is 0.234 e. The summed E-state index contributed by atoms with van der Waals surface area (Å²) in [7, 11) is 1.57. The van der Waals surface area contributed by atoms with Gasteiger partial charge in [-0.05, 0) is 24.1 Å². The van der Waals surface area contributed by atoms with Crippen molar-refractivity contribution < 1.29 is 9.53 Å². The fourth-order valence-corrected chi connectivity index (χ4v) is 1.87. The summed E-state index contributed by atoms with van der Waals surface area (Å²) >= 11 is 0. The molecule has 0 aliphatic heterocycles. The number of amides is 1. The van der Waals surface area contributed by atoms with Crippen molar-refractivity contribution >= 4 is 5.91 Å². The molecule has 0 heterocycles. The zero-order chi connectivity index (χ0) is 14.4. The maximum atomic E-state index is 11.3. The fraction of sp³-hybridized carbons (Fsp3) is 0.429. The average Bonchev–Trinajstić information content (AvgIpc) is 2.37. The van der Waals surface area contributed by atoms with E-state index in [1.807, 2.05) is 13.8 Å². The Kier molecular flexibility index (Phi) is 5.34. The first-order valence-corrected chi connectivity index (χ1v) is 6.09. The Balaban J connectivity index is 2.86. The summed E-state index contributed by atoms with van der Waals surface area (Å²) in [5.74, 6) is 0.395. The summed E-state index contributed by atoms with van der Waals surface area (Å²) in [6.07, 6.45) is 0. The van der Waals surface area contributed by atoms with E-state index < -0.39 is 6.04 Å². The molecule has 19 heavy (non-hydrogen) atoms. The SMILES string of the molecule is COc1ccc(C#N)cc1CNC(C(N)=O)C(C)C. The molecule has 102 valence electrons. The Bertz CT molecular complexity index is 492. The van der Waals surface area contributed by atoms with Crippen molar-refractivity contribution in [3.63, 3.8) is 0 Å². The number of carbonyl (C=O) groups is 1. The second-order valence-corrected chi connectivity index (χ2v) is 4.64. The number of hydrogen-bond acceptors (Lipinski definition) is 4. The molecule has 0 saturated heterocycles. The number of nitrogens with zero attached hydrogens (tertiary/aromatic N) is 1. The van der Waals surface area contributed by atoms with Crippen molar-refractivity contribution in [3.05, 3.63) is 29.3 Å². The van der Waals surface area contributed by atoms with Crippen LogP contribution in [0.5, 0.6) is 5.75 Å². The topological polar surface area (TPSA) is 88.1 Å². The summed E-state index contributed by atoms with van der Waals surface area (Å²) < 4.78 is 5.23. The van der Waals surface area contributed by atoms with Gasteiger partial charge in [-0.15, -0.1) is 0 Å². The minimum Gasteiger partial charge on any atom is -0.496 e. The number of rotatable bonds is 6. The maximum absolute atomic E-state index is 11.3. The standard InChI is InChI=1S/C14H19N3O2/c1-9(2)13(14(16)18)17-8-11-6-10(7-15)4-5-12(11)19-3/h4-6,9,13,17H,8H2,1-3H3,(H2,16,18). The summed E-state index contributed by atoms with van der Waals surface area (Å²) in [5, 5.41) is 12.0. The van der Waals surface area contributed by atoms with E-state index in [0.29, 0.717) is 17.9 Å². The zero-order valence-corrected chi connectivity index (χ0v) is 11.4. The lowest BCUT2D eigenvalue weighted by Crippen LogP contribution is -2.44. The first-order valence-electron chi connectivity index (χ1n) is 6.09. The molecule has 0 bridgehead atoms. The summed E-state index contributed by atoms with van der Waals surface area (Å²) in [6.45, 7) is 4.27. The van der Waals surface area contributed by atoms with E-state index in [2.05, 4.69) is 11.4 Å². The number of primary amides is 1. The molecule has 0 saturated carbocycles. The molecule has 0 radical (unpaired) electrons. The van der Waals surface area contributed by atoms with Gasteiger partial charge in [-0.2, -0.15) is 5.26 Å². The summed E-state index contributed by atoms with van der Waals surface area (Å²) in [4.78, 5) is 11.3. The van der Waals surface area contributed by atoms with Gasteiger partial charge in [-0.3, -0.25) is 4.79 Å². The van der Waals surface area contributed by atoms with E-state index in [1.165, 1.54) is 0 Å². The van der Waals surface area contributed by atoms with Crippen molar-refractivity contribution in [2.24, 2.45) is 11.7 Å². The van der Waals surface area contributed by atoms with Crippen LogP contribution in [-0.4, -0.2) is 19.1 Å². The van der Waals surface area contributed by atoms with Gasteiger partial charge in [-0.25, -0.2) is 0 Å². The molecule has 0 fully saturated rings. The second-order valence-electron chi connectivity index (χ2n) is 4.64. The third kappa shape index (κ3) is 3.97. The molecule has 0 spiro atoms. The molecule has 1 amide bonds. The number of benzene rings is 1. The van der Waals surface area contributed by atoms with Crippen LogP contribution < -0.4 is 15.8 Å². The van der Waals surface area contributed by atoms with Gasteiger partial charge >= 0.3 is 0 Å². The van der Waals surface area contributed by atoms with Crippen LogP contribution in [0.4, 0.5) is 0 Å². The van der Waals surface area contributed by atoms with Crippen molar-refractivity contribution in [2.45, 2.75) is 26.4 Å². The second kappa shape index (κ2) is 6.76. The first kappa shape index (κ1) is 15.0. The number of nitrogens with two attached hydrogens (primary N) is 1. The molecule has 1 aromatic carbocycles. The molecule has 5 nitrogen and oxygen atoms in total. The van der Waals surface area contributed by atoms with E-state index >= 15 is 0 Å². The molecule has 3 N–H and O–H groups in total. The van der Waals surface area contributed by atoms with Gasteiger partial charge in [0.2, 0.25) is 5.91 Å². The van der Waals surface area contributed by atoms with Gasteiger partial charge < -0.3 is 15.8 Å². The smallest absolute Gasteiger partial charge is 0.234 e. The van der Waals surface area contributed by atoms with E-state index in [9.17, 15) is 4.79 Å². The van der Waals surface area contributed by atoms with Crippen LogP contribution >= 0.6 is 0 Å². The first-order chi connectivity index (χ1) is 8.99. The highest BCUT2D eigenvalue weighted by molar-refractivity contribution is 5.80. The molecule has 1 aromatic rings. The Labute approximate surface area is 113 Å². The van der Waals surface area contributed by atoms with E-state index in [-0.39, 0.29) is 11.8 Å². The van der Waals surface area contributed by atoms with Crippen LogP contribution in [0, 0.1) is 17.2 Å². The Morgan fingerprint density at radius 1 is 1.53 bits per heavy atom. The van der Waals surface area contributed by atoms with Gasteiger partial charge in [-0.1, -0.05) is 13.8 Å². The molecule has 5 heteroatoms. The fourth-order valence-electron chi connectivity index (χ4n) is 1.87. The largest absolute Gasteiger partial charge is 0.496 e. The van der Waals surface area contributed by atoms with E-state index in [0.717, 1.165) is 5.56 Å². The Morgan fingerprint density at radius 3 is 2.68 bits per heavy atom. The van der Waals surface area contributed by atoms with Crippen molar-refractivity contribution in [1.29, 1.82) is 5.26 Å². The van der Waals surface area contributed by atoms with Gasteiger partial charge in [0, 0.05) is 12.1 Å². The van der Waals surface area contributed by atoms with Crippen LogP contribution in [-0.2, 0) is 11.3 Å². The number of nitrogens with one attached hydrogen (secondary N) is 1. The molecule has 0 aliphatic rings. The lowest BCUT2D eigenvalue weighted by molar-refractivity contribution is -0.121. The van der Waals surface area contributed by atoms with Gasteiger partial charge in [0.15, 0.2) is 0 Å². The molecule has 0 aromatic heterocycles. The number of carbonyl (C=O) groups excluding carboxylic acids is 1. The molecule has 1 unspecified atom stereocenters. The molecule has 1 atom stereocenters. The van der Waals surface area contributed by atoms with Crippen molar-refractivity contribution in [3.8, 4) is 11.8 Å². The van der Waals surface area contributed by atoms with Crippen molar-refractivity contribution in [1.82, 2.24) is 5.32 Å². The van der Waals surface area contributed by atoms with Crippen LogP contribution in [0.3, 0.4) is 0 Å². The van der Waals surface area contributed by atoms with E-state index in [1.54, 1.807) is 25.3 Å². The van der Waals surface area contributed by atoms with Crippen LogP contribution in [0.1, 0.15) is 25.0 Å². The van der Waals surface area contributed by atoms with E-state index in [4.69, 9.17) is 15.7 Å². The van der Waals surface area contributed by atoms with Crippen LogP contribution in [0.15, 0.2) is 18.2 Å². The highest BCUT2D eigenvalue weighted by Crippen LogP contribution is 2.19. The number of nitriles is 1. The molecular weight excluding hydrogens is 242 g/mol. The summed E-state index contributed by atoms with van der Waals surface area (Å²) in [6, 6.07) is 6.84. The third-order valence-electron chi connectivity index (χ3n) is 2.90. The van der Waals surface area contributed by atoms with Gasteiger partial charge in [0.25, 0.3) is 0 Å². The highest BCUT2D eigenvalue weighted by atomic mass is 16.5. The third-order valence-corrected chi connectivity index (χ3v) is 2.90. The predicted octanol–water partition coefficient (Wildman–Crippen LogP) is 1.17. The number of hydrogen-bond donors (Lipinski definition) is 2. The number of ether oxygens (including phenoxy) is 1. The monoisotopic (exact) mass is 261 g/mol. The van der Waals surface area contributed by atoms with Gasteiger partial charge in [0.1, 0.15) is 5.75 Å². The summed E-state index contributed by atoms with van der Waals surface area (Å²) in [5.41, 5.74) is 6.72. The Morgan fingerprint density at radius 2 is 2.21 bits per heavy atom. The molecule has 1 rings (SSSR count). The van der Waals surface area contributed by atoms with Crippen LogP contribution in [0.2, 0.25) is 0 Å². The lowest BCUT2D eigenvalue weighted by atomic mass is 10.0. The molecular formula is C14H19N3O2. The Hall–Kier alpha value is -2.06. The average molecular weight is 261 g/mol. The minimum atomic E-state index is -0.407. The quantitative estimate of drug-likeness (QED) is 0.804. The van der Waals surface area contributed by atoms with Gasteiger partial charge in [0.05, 0.1) is 24.8 Å². The highest BCUT2D eigenvalue weighted by Gasteiger charge is 2.19. The normalized spacial score (nSPS) is 11.9. The number of methoxy groups -OCH3 is 1. The predicted molar refractivity (Wildman–Crippen MR) is 72.4 cm³/mol. The van der Waals surface area contributed by atoms with Crippen LogP contribution in [0.25, 0.3) is 0 Å².